The number of benzene rings is 2. The summed E-state index contributed by atoms with van der Waals surface area (Å²) in [5.74, 6) is 0.349. The molecule has 2 aromatic rings. The highest BCUT2D eigenvalue weighted by Gasteiger charge is 2.37. The van der Waals surface area contributed by atoms with Gasteiger partial charge in [0.05, 0.1) is 12.1 Å². The van der Waals surface area contributed by atoms with Gasteiger partial charge in [-0.3, -0.25) is 0 Å². The first-order valence-corrected chi connectivity index (χ1v) is 9.81. The zero-order valence-corrected chi connectivity index (χ0v) is 15.3. The molecule has 2 aromatic carbocycles. The van der Waals surface area contributed by atoms with Gasteiger partial charge in [-0.1, -0.05) is 36.4 Å². The minimum absolute atomic E-state index is 0.00903. The van der Waals surface area contributed by atoms with E-state index in [1.165, 1.54) is 23.3 Å². The summed E-state index contributed by atoms with van der Waals surface area (Å²) in [6.45, 7) is 3.61. The van der Waals surface area contributed by atoms with Crippen LogP contribution in [0.1, 0.15) is 29.2 Å². The van der Waals surface area contributed by atoms with E-state index in [2.05, 4.69) is 34.5 Å². The Kier molecular flexibility index (Phi) is 4.32. The van der Waals surface area contributed by atoms with Crippen molar-refractivity contribution in [1.82, 2.24) is 10.2 Å². The molecule has 0 aromatic heterocycles. The first-order chi connectivity index (χ1) is 13.3. The van der Waals surface area contributed by atoms with Gasteiger partial charge in [-0.05, 0) is 54.1 Å². The van der Waals surface area contributed by atoms with Crippen molar-refractivity contribution in [2.24, 2.45) is 10.9 Å². The van der Waals surface area contributed by atoms with Crippen molar-refractivity contribution < 1.29 is 9.13 Å². The minimum atomic E-state index is -0.211. The molecule has 0 amide bonds. The Morgan fingerprint density at radius 1 is 1.11 bits per heavy atom. The fourth-order valence-corrected chi connectivity index (χ4v) is 4.56. The van der Waals surface area contributed by atoms with Crippen LogP contribution >= 0.6 is 0 Å². The van der Waals surface area contributed by atoms with Gasteiger partial charge >= 0.3 is 0 Å². The van der Waals surface area contributed by atoms with Crippen molar-refractivity contribution in [3.05, 3.63) is 71.0 Å². The monoisotopic (exact) mass is 365 g/mol. The van der Waals surface area contributed by atoms with Gasteiger partial charge < -0.3 is 15.0 Å². The molecule has 5 rings (SSSR count). The maximum atomic E-state index is 13.5. The third kappa shape index (κ3) is 3.10. The number of nitrogens with zero attached hydrogens (tertiary/aromatic N) is 2. The molecule has 3 aliphatic heterocycles. The maximum absolute atomic E-state index is 13.5. The van der Waals surface area contributed by atoms with Crippen LogP contribution < -0.4 is 5.32 Å². The minimum Gasteiger partial charge on any atom is -0.463 e. The fraction of sp³-hybridized carbons (Fsp3) is 0.409. The molecule has 0 spiro atoms. The number of ether oxygens (including phenoxy) is 1. The third-order valence-electron chi connectivity index (χ3n) is 6.02. The summed E-state index contributed by atoms with van der Waals surface area (Å²) in [6.07, 6.45) is 2.13. The Bertz CT molecular complexity index is 845. The van der Waals surface area contributed by atoms with E-state index in [-0.39, 0.29) is 17.9 Å². The highest BCUT2D eigenvalue weighted by Crippen LogP contribution is 2.36. The van der Waals surface area contributed by atoms with Gasteiger partial charge in [0.15, 0.2) is 0 Å². The number of amidine groups is 1. The van der Waals surface area contributed by atoms with Crippen LogP contribution in [0.5, 0.6) is 0 Å². The molecule has 3 heterocycles. The molecular formula is C22H24FN3O. The van der Waals surface area contributed by atoms with Crippen LogP contribution in [0.25, 0.3) is 0 Å². The van der Waals surface area contributed by atoms with Gasteiger partial charge in [0.2, 0.25) is 0 Å². The lowest BCUT2D eigenvalue weighted by Gasteiger charge is -2.38. The molecule has 4 nitrogen and oxygen atoms in total. The number of hydrogen-bond acceptors (Lipinski definition) is 4. The van der Waals surface area contributed by atoms with Crippen LogP contribution in [0.15, 0.2) is 53.5 Å². The molecular weight excluding hydrogens is 341 g/mol. The van der Waals surface area contributed by atoms with Gasteiger partial charge in [-0.25, -0.2) is 9.38 Å². The number of halogens is 1. The van der Waals surface area contributed by atoms with E-state index in [9.17, 15) is 4.39 Å². The smallest absolute Gasteiger partial charge is 0.288 e. The van der Waals surface area contributed by atoms with E-state index in [1.54, 1.807) is 0 Å². The molecule has 0 saturated carbocycles. The molecule has 27 heavy (non-hydrogen) atoms. The van der Waals surface area contributed by atoms with Gasteiger partial charge in [0, 0.05) is 13.1 Å². The first kappa shape index (κ1) is 16.8. The van der Waals surface area contributed by atoms with E-state index >= 15 is 0 Å². The highest BCUT2D eigenvalue weighted by atomic mass is 19.1. The van der Waals surface area contributed by atoms with Crippen molar-refractivity contribution in [1.29, 1.82) is 0 Å². The fourth-order valence-electron chi connectivity index (χ4n) is 4.56. The van der Waals surface area contributed by atoms with E-state index in [4.69, 9.17) is 9.73 Å². The van der Waals surface area contributed by atoms with Gasteiger partial charge in [0.1, 0.15) is 12.4 Å². The second-order valence-corrected chi connectivity index (χ2v) is 7.64. The average molecular weight is 365 g/mol. The second kappa shape index (κ2) is 6.97. The van der Waals surface area contributed by atoms with Crippen molar-refractivity contribution in [3.8, 4) is 0 Å². The molecule has 140 valence electrons. The summed E-state index contributed by atoms with van der Waals surface area (Å²) in [4.78, 5) is 7.23. The molecule has 0 bridgehead atoms. The topological polar surface area (TPSA) is 36.9 Å². The Morgan fingerprint density at radius 3 is 2.78 bits per heavy atom. The van der Waals surface area contributed by atoms with Crippen LogP contribution in [0.4, 0.5) is 4.39 Å². The van der Waals surface area contributed by atoms with Crippen LogP contribution in [0.2, 0.25) is 0 Å². The summed E-state index contributed by atoms with van der Waals surface area (Å²) in [5, 5.41) is 3.42. The van der Waals surface area contributed by atoms with Crippen molar-refractivity contribution >= 4 is 6.02 Å². The quantitative estimate of drug-likeness (QED) is 0.888. The zero-order valence-electron chi connectivity index (χ0n) is 15.3. The highest BCUT2D eigenvalue weighted by molar-refractivity contribution is 5.77. The average Bonchev–Trinajstić information content (AvgIpc) is 3.39. The van der Waals surface area contributed by atoms with Crippen molar-refractivity contribution in [2.75, 3.05) is 26.2 Å². The van der Waals surface area contributed by atoms with Crippen LogP contribution in [-0.4, -0.2) is 43.2 Å². The SMILES string of the molecule is Fc1ccc([C@H]2c3ccccc3CCN2C2=N[C@@H]([C@H]3CCNC3)CO2)cc1. The van der Waals surface area contributed by atoms with Crippen molar-refractivity contribution in [3.63, 3.8) is 0 Å². The normalized spacial score (nSPS) is 27.2. The molecule has 5 heteroatoms. The number of rotatable bonds is 2. The summed E-state index contributed by atoms with van der Waals surface area (Å²) >= 11 is 0. The van der Waals surface area contributed by atoms with Gasteiger partial charge in [0.25, 0.3) is 6.02 Å². The van der Waals surface area contributed by atoms with E-state index in [1.807, 2.05) is 12.1 Å². The molecule has 0 aliphatic carbocycles. The molecule has 1 N–H and O–H groups in total. The molecule has 1 fully saturated rings. The molecule has 0 unspecified atom stereocenters. The predicted octanol–water partition coefficient (Wildman–Crippen LogP) is 3.14. The Morgan fingerprint density at radius 2 is 1.96 bits per heavy atom. The Balaban J connectivity index is 1.51. The Hall–Kier alpha value is -2.40. The number of hydrogen-bond donors (Lipinski definition) is 1. The van der Waals surface area contributed by atoms with Crippen LogP contribution in [0.3, 0.4) is 0 Å². The number of fused-ring (bicyclic) bond motifs is 1. The summed E-state index contributed by atoms with van der Waals surface area (Å²) < 4.78 is 19.6. The predicted molar refractivity (Wildman–Crippen MR) is 103 cm³/mol. The number of nitrogens with one attached hydrogen (secondary N) is 1. The molecule has 0 radical (unpaired) electrons. The van der Waals surface area contributed by atoms with Crippen LogP contribution in [-0.2, 0) is 11.2 Å². The van der Waals surface area contributed by atoms with Gasteiger partial charge in [-0.15, -0.1) is 0 Å². The third-order valence-corrected chi connectivity index (χ3v) is 6.02. The van der Waals surface area contributed by atoms with E-state index in [0.717, 1.165) is 44.1 Å². The lowest BCUT2D eigenvalue weighted by molar-refractivity contribution is 0.215. The van der Waals surface area contributed by atoms with Crippen LogP contribution in [0, 0.1) is 11.7 Å². The largest absolute Gasteiger partial charge is 0.463 e. The lowest BCUT2D eigenvalue weighted by atomic mass is 9.88. The molecule has 3 aliphatic rings. The summed E-state index contributed by atoms with van der Waals surface area (Å²) in [6, 6.07) is 16.3. The van der Waals surface area contributed by atoms with Crippen molar-refractivity contribution in [2.45, 2.75) is 24.9 Å². The lowest BCUT2D eigenvalue weighted by Crippen LogP contribution is -2.40. The zero-order chi connectivity index (χ0) is 18.2. The molecule has 1 saturated heterocycles. The standard InChI is InChI=1S/C22H24FN3O/c23-18-7-5-16(6-8-18)21-19-4-2-1-3-15(19)10-12-26(21)22-25-20(14-27-22)17-9-11-24-13-17/h1-8,17,20-21,24H,9-14H2/t17-,20+,21-/m0/s1. The summed E-state index contributed by atoms with van der Waals surface area (Å²) in [5.41, 5.74) is 3.67. The van der Waals surface area contributed by atoms with E-state index in [0.29, 0.717) is 12.5 Å². The summed E-state index contributed by atoms with van der Waals surface area (Å²) in [7, 11) is 0. The first-order valence-electron chi connectivity index (χ1n) is 9.81. The number of aliphatic imine (C=N–C) groups is 1. The second-order valence-electron chi connectivity index (χ2n) is 7.64. The Labute approximate surface area is 159 Å². The maximum Gasteiger partial charge on any atom is 0.288 e. The van der Waals surface area contributed by atoms with E-state index < -0.39 is 0 Å². The molecule has 3 atom stereocenters. The van der Waals surface area contributed by atoms with Gasteiger partial charge in [-0.2, -0.15) is 0 Å².